The lowest BCUT2D eigenvalue weighted by Gasteiger charge is -2.33. The van der Waals surface area contributed by atoms with Crippen LogP contribution in [-0.2, 0) is 0 Å². The van der Waals surface area contributed by atoms with E-state index in [9.17, 15) is 0 Å². The fraction of sp³-hybridized carbons (Fsp3) is 0. The zero-order valence-corrected chi connectivity index (χ0v) is 55.6. The van der Waals surface area contributed by atoms with Crippen molar-refractivity contribution >= 4 is 155 Å². The molecule has 0 aliphatic heterocycles. The second-order valence-electron chi connectivity index (χ2n) is 26.4. The van der Waals surface area contributed by atoms with Crippen molar-refractivity contribution in [2.75, 3.05) is 0 Å². The maximum atomic E-state index is 2.74. The average Bonchev–Trinajstić information content (AvgIpc) is 0.831. The second kappa shape index (κ2) is 20.4. The van der Waals surface area contributed by atoms with Crippen molar-refractivity contribution in [2.45, 2.75) is 0 Å². The Bertz CT molecular complexity index is 6880. The molecule has 100 heavy (non-hydrogen) atoms. The molecule has 2 unspecified atom stereocenters. The van der Waals surface area contributed by atoms with Gasteiger partial charge in [-0.1, -0.05) is 209 Å². The molecule has 0 spiro atoms. The van der Waals surface area contributed by atoms with E-state index in [1.807, 2.05) is 0 Å². The summed E-state index contributed by atoms with van der Waals surface area (Å²) in [5, 5.41) is 12.9. The Balaban J connectivity index is 1.13. The fourth-order valence-corrected chi connectivity index (χ4v) is 24.0. The summed E-state index contributed by atoms with van der Waals surface area (Å²) in [7, 11) is -2.94. The largest absolute Gasteiger partial charge is 0.309 e. The second-order valence-corrected chi connectivity index (χ2v) is 30.5. The fourth-order valence-electron chi connectivity index (χ4n) is 17.7. The van der Waals surface area contributed by atoms with E-state index in [4.69, 9.17) is 0 Å². The van der Waals surface area contributed by atoms with E-state index in [0.717, 1.165) is 67.6 Å². The monoisotopic (exact) mass is 1310 g/mol. The molecule has 2 atom stereocenters. The Hall–Kier alpha value is -12.7. The highest BCUT2D eigenvalue weighted by Crippen LogP contribution is 2.65. The smallest absolute Gasteiger partial charge is 0.0852 e. The minimum atomic E-state index is -1.47. The first-order valence-electron chi connectivity index (χ1n) is 34.3. The Morgan fingerprint density at radius 3 is 0.650 bits per heavy atom. The first kappa shape index (κ1) is 54.4. The molecule has 10 heteroatoms. The summed E-state index contributed by atoms with van der Waals surface area (Å²) in [5.74, 6) is 0. The third-order valence-corrected chi connectivity index (χ3v) is 26.7. The molecule has 0 fully saturated rings. The molecule has 466 valence electrons. The van der Waals surface area contributed by atoms with Crippen molar-refractivity contribution in [1.29, 1.82) is 0 Å². The molecule has 0 saturated carbocycles. The molecule has 0 saturated heterocycles. The molecule has 8 aromatic heterocycles. The van der Waals surface area contributed by atoms with Gasteiger partial charge in [0.05, 0.1) is 98.5 Å². The van der Waals surface area contributed by atoms with Crippen molar-refractivity contribution in [2.24, 2.45) is 0 Å². The van der Waals surface area contributed by atoms with Crippen LogP contribution < -0.4 is 0 Å². The van der Waals surface area contributed by atoms with Gasteiger partial charge in [-0.25, -0.2) is 0 Å². The highest BCUT2D eigenvalue weighted by molar-refractivity contribution is 7.65. The van der Waals surface area contributed by atoms with E-state index in [1.54, 1.807) is 0 Å². The number of benzene rings is 15. The van der Waals surface area contributed by atoms with Crippen molar-refractivity contribution in [3.05, 3.63) is 340 Å². The predicted octanol–water partition coefficient (Wildman–Crippen LogP) is 24.7. The lowest BCUT2D eigenvalue weighted by Crippen LogP contribution is -2.14. The number of para-hydroxylation sites is 10. The van der Waals surface area contributed by atoms with Gasteiger partial charge in [0, 0.05) is 87.5 Å². The van der Waals surface area contributed by atoms with E-state index >= 15 is 0 Å². The Morgan fingerprint density at radius 2 is 0.370 bits per heavy atom. The first-order chi connectivity index (χ1) is 49.8. The van der Waals surface area contributed by atoms with Crippen LogP contribution in [0.25, 0.3) is 186 Å². The summed E-state index contributed by atoms with van der Waals surface area (Å²) < 4.78 is 21.3. The number of aromatic nitrogens is 8. The number of nitrogens with zero attached hydrogens (tertiary/aromatic N) is 8. The van der Waals surface area contributed by atoms with Crippen LogP contribution in [0.2, 0.25) is 0 Å². The molecule has 0 aliphatic carbocycles. The topological polar surface area (TPSA) is 39.4 Å². The summed E-state index contributed by atoms with van der Waals surface area (Å²) in [4.78, 5) is 0. The summed E-state index contributed by atoms with van der Waals surface area (Å²) in [5.41, 5.74) is 27.8. The van der Waals surface area contributed by atoms with E-state index in [0.29, 0.717) is 0 Å². The van der Waals surface area contributed by atoms with Crippen LogP contribution in [0, 0.1) is 0 Å². The van der Waals surface area contributed by atoms with Crippen molar-refractivity contribution in [3.8, 4) is 45.5 Å². The normalized spacial score (nSPS) is 12.8. The van der Waals surface area contributed by atoms with Crippen LogP contribution in [0.15, 0.2) is 340 Å². The number of rotatable bonds is 8. The molecular formula is C90H56N8P2. The molecule has 23 aromatic rings. The van der Waals surface area contributed by atoms with Gasteiger partial charge in [0.15, 0.2) is 0 Å². The average molecular weight is 1310 g/mol. The lowest BCUT2D eigenvalue weighted by atomic mass is 10.1. The van der Waals surface area contributed by atoms with Gasteiger partial charge in [-0.05, 0) is 146 Å². The van der Waals surface area contributed by atoms with Gasteiger partial charge in [0.1, 0.15) is 0 Å². The predicted molar refractivity (Wildman–Crippen MR) is 422 cm³/mol. The van der Waals surface area contributed by atoms with Crippen molar-refractivity contribution in [1.82, 2.24) is 36.5 Å². The Labute approximate surface area is 573 Å². The zero-order chi connectivity index (χ0) is 65.0. The van der Waals surface area contributed by atoms with Gasteiger partial charge < -0.3 is 36.5 Å². The van der Waals surface area contributed by atoms with E-state index in [1.165, 1.54) is 118 Å². The van der Waals surface area contributed by atoms with Gasteiger partial charge in [0.25, 0.3) is 0 Å². The maximum absolute atomic E-state index is 2.74. The summed E-state index contributed by atoms with van der Waals surface area (Å²) in [6.45, 7) is 0. The SMILES string of the molecule is c1ccc(-n2c3ccccc3c3c2cc2c4c3n(-c3ccccc3)c3cccc5c3p4c3c(c4c6c(c3n2-c2ccccc2)n(-c2ccccc2)c2cccc3c2p6c2c(cc6c(c7ccccc7n6-c6ccccc6)c2n3-c2ccccc2)n4-c2ccccc2)n5-c2ccccc2)cc1. The van der Waals surface area contributed by atoms with Crippen LogP contribution in [0.1, 0.15) is 0 Å². The Kier molecular flexibility index (Phi) is 11.1. The van der Waals surface area contributed by atoms with Gasteiger partial charge in [-0.3, -0.25) is 0 Å². The lowest BCUT2D eigenvalue weighted by molar-refractivity contribution is 1.11. The zero-order valence-electron chi connectivity index (χ0n) is 53.8. The van der Waals surface area contributed by atoms with Crippen LogP contribution in [0.3, 0.4) is 0 Å². The minimum Gasteiger partial charge on any atom is -0.309 e. The van der Waals surface area contributed by atoms with Gasteiger partial charge >= 0.3 is 0 Å². The van der Waals surface area contributed by atoms with E-state index in [-0.39, 0.29) is 0 Å². The highest BCUT2D eigenvalue weighted by Gasteiger charge is 2.36. The third kappa shape index (κ3) is 7.05. The van der Waals surface area contributed by atoms with Crippen LogP contribution in [0.4, 0.5) is 0 Å². The number of hydrogen-bond donors (Lipinski definition) is 0. The van der Waals surface area contributed by atoms with Crippen molar-refractivity contribution < 1.29 is 0 Å². The van der Waals surface area contributed by atoms with Crippen molar-refractivity contribution in [3.63, 3.8) is 0 Å². The minimum absolute atomic E-state index is 1.09. The quantitative estimate of drug-likeness (QED) is 0.107. The van der Waals surface area contributed by atoms with E-state index in [2.05, 4.69) is 376 Å². The summed E-state index contributed by atoms with van der Waals surface area (Å²) in [6, 6.07) is 128. The number of fused-ring (bicyclic) bond motifs is 10. The molecule has 0 radical (unpaired) electrons. The molecular weight excluding hydrogens is 1250 g/mol. The molecule has 0 N–H and O–H groups in total. The molecule has 0 bridgehead atoms. The standard InChI is InChI=1S/C90H56N8P2/c1-9-31-57(32-10-1)91-67-49-27-25-47-65(67)77-73(91)55-75-87-79(77)93(59-35-13-3-14-36-59)69-51-29-53-71-85(69)99(87)89-82(96(71)62-41-19-6-20-42-62)84-90-81(83(89)97(75)63-43-21-7-22-44-63)95(61-39-17-5-18-40-61)72-54-30-52-70-86(72)100(90)88-76(98(84)64-45-23-8-24-46-64)56-74-78(80(88)94(70)60-37-15-4-16-38-60)66-48-26-28-50-68(66)92(74)58-33-11-2-12-34-58/h1-56H. The summed E-state index contributed by atoms with van der Waals surface area (Å²) >= 11 is 0. The summed E-state index contributed by atoms with van der Waals surface area (Å²) in [6.07, 6.45) is 0. The molecule has 8 nitrogen and oxygen atoms in total. The first-order valence-corrected chi connectivity index (χ1v) is 37.0. The molecule has 15 aromatic carbocycles. The van der Waals surface area contributed by atoms with Gasteiger partial charge in [-0.15, -0.1) is 0 Å². The maximum Gasteiger partial charge on any atom is 0.0852 e. The van der Waals surface area contributed by atoms with Gasteiger partial charge in [-0.2, -0.15) is 0 Å². The van der Waals surface area contributed by atoms with E-state index < -0.39 is 14.7 Å². The third-order valence-electron chi connectivity index (χ3n) is 21.4. The van der Waals surface area contributed by atoms with Crippen LogP contribution in [-0.4, -0.2) is 36.5 Å². The van der Waals surface area contributed by atoms with Crippen LogP contribution in [0.5, 0.6) is 0 Å². The molecule has 0 amide bonds. The molecule has 23 rings (SSSR count). The molecule has 0 aliphatic rings. The van der Waals surface area contributed by atoms with Crippen LogP contribution >= 0.6 is 14.7 Å². The highest BCUT2D eigenvalue weighted by atomic mass is 31.1. The number of hydrogen-bond acceptors (Lipinski definition) is 0. The van der Waals surface area contributed by atoms with Gasteiger partial charge in [0.2, 0.25) is 0 Å². The molecule has 8 heterocycles. The Morgan fingerprint density at radius 1 is 0.150 bits per heavy atom.